The Labute approximate surface area is 122 Å². The highest BCUT2D eigenvalue weighted by Gasteiger charge is 2.15. The van der Waals surface area contributed by atoms with Gasteiger partial charge in [0.2, 0.25) is 10.0 Å². The first kappa shape index (κ1) is 15.0. The van der Waals surface area contributed by atoms with Crippen LogP contribution in [-0.2, 0) is 10.0 Å². The summed E-state index contributed by atoms with van der Waals surface area (Å²) in [6.45, 7) is 5.82. The number of hydrogen-bond donors (Lipinski definition) is 2. The van der Waals surface area contributed by atoms with E-state index < -0.39 is 10.0 Å². The fourth-order valence-corrected chi connectivity index (χ4v) is 3.14. The van der Waals surface area contributed by atoms with Gasteiger partial charge in [0.1, 0.15) is 0 Å². The summed E-state index contributed by atoms with van der Waals surface area (Å²) < 4.78 is 23.0. The van der Waals surface area contributed by atoms with Gasteiger partial charge in [0.25, 0.3) is 0 Å². The third-order valence-electron chi connectivity index (χ3n) is 3.22. The van der Waals surface area contributed by atoms with Crippen molar-refractivity contribution in [3.05, 3.63) is 39.8 Å². The van der Waals surface area contributed by atoms with Gasteiger partial charge in [0, 0.05) is 16.8 Å². The summed E-state index contributed by atoms with van der Waals surface area (Å²) in [5.74, 6) is 0. The first-order valence-corrected chi connectivity index (χ1v) is 8.50. The molecule has 1 atom stereocenters. The second-order valence-electron chi connectivity index (χ2n) is 4.73. The predicted octanol–water partition coefficient (Wildman–Crippen LogP) is 2.58. The fourth-order valence-electron chi connectivity index (χ4n) is 1.88. The molecule has 0 spiro atoms. The Morgan fingerprint density at radius 3 is 2.60 bits per heavy atom. The van der Waals surface area contributed by atoms with E-state index in [2.05, 4.69) is 10.3 Å². The number of anilines is 1. The van der Waals surface area contributed by atoms with Crippen LogP contribution >= 0.6 is 11.3 Å². The van der Waals surface area contributed by atoms with Crippen molar-refractivity contribution in [1.29, 1.82) is 0 Å². The molecule has 1 unspecified atom stereocenters. The van der Waals surface area contributed by atoms with E-state index >= 15 is 0 Å². The summed E-state index contributed by atoms with van der Waals surface area (Å²) in [5.41, 5.74) is 4.44. The molecule has 0 amide bonds. The zero-order valence-electron chi connectivity index (χ0n) is 11.5. The second kappa shape index (κ2) is 5.51. The molecule has 1 aromatic carbocycles. The minimum Gasteiger partial charge on any atom is -0.377 e. The molecule has 0 bridgehead atoms. The van der Waals surface area contributed by atoms with Gasteiger partial charge in [-0.3, -0.25) is 4.98 Å². The average molecular weight is 311 g/mol. The Morgan fingerprint density at radius 1 is 1.35 bits per heavy atom. The third-order valence-corrected chi connectivity index (χ3v) is 5.07. The summed E-state index contributed by atoms with van der Waals surface area (Å²) in [4.78, 5) is 5.26. The van der Waals surface area contributed by atoms with Gasteiger partial charge in [-0.15, -0.1) is 11.3 Å². The summed E-state index contributed by atoms with van der Waals surface area (Å²) in [6.07, 6.45) is 1.80. The molecule has 0 radical (unpaired) electrons. The summed E-state index contributed by atoms with van der Waals surface area (Å²) in [7, 11) is -3.70. The van der Waals surface area contributed by atoms with Crippen molar-refractivity contribution in [2.45, 2.75) is 31.7 Å². The molecule has 0 fully saturated rings. The van der Waals surface area contributed by atoms with Gasteiger partial charge in [-0.05, 0) is 44.0 Å². The van der Waals surface area contributed by atoms with Gasteiger partial charge >= 0.3 is 0 Å². The van der Waals surface area contributed by atoms with Crippen molar-refractivity contribution in [3.8, 4) is 0 Å². The second-order valence-corrected chi connectivity index (χ2v) is 7.21. The molecular formula is C13H17N3O2S2. The highest BCUT2D eigenvalue weighted by Crippen LogP contribution is 2.28. The van der Waals surface area contributed by atoms with Crippen molar-refractivity contribution in [1.82, 2.24) is 4.98 Å². The van der Waals surface area contributed by atoms with Gasteiger partial charge < -0.3 is 5.32 Å². The zero-order valence-corrected chi connectivity index (χ0v) is 13.2. The van der Waals surface area contributed by atoms with E-state index in [0.717, 1.165) is 21.7 Å². The summed E-state index contributed by atoms with van der Waals surface area (Å²) in [5, 5.41) is 8.52. The van der Waals surface area contributed by atoms with Crippen LogP contribution in [0.4, 0.5) is 5.69 Å². The molecular weight excluding hydrogens is 294 g/mol. The van der Waals surface area contributed by atoms with Gasteiger partial charge in [-0.1, -0.05) is 0 Å². The lowest BCUT2D eigenvalue weighted by Gasteiger charge is -2.18. The standard InChI is InChI=1S/C13H17N3O2S2/c1-8-4-11(20(14,17)18)5-12(9(8)2)16-10(3)13-6-15-7-19-13/h4-7,10,16H,1-3H3,(H2,14,17,18). The molecule has 0 aliphatic heterocycles. The number of nitrogens with zero attached hydrogens (tertiary/aromatic N) is 1. The van der Waals surface area contributed by atoms with E-state index in [1.54, 1.807) is 35.2 Å². The molecule has 0 aliphatic carbocycles. The number of nitrogens with two attached hydrogens (primary N) is 1. The lowest BCUT2D eigenvalue weighted by Crippen LogP contribution is -2.14. The topological polar surface area (TPSA) is 85.1 Å². The van der Waals surface area contributed by atoms with Crippen molar-refractivity contribution in [3.63, 3.8) is 0 Å². The van der Waals surface area contributed by atoms with Crippen LogP contribution in [0.15, 0.2) is 28.7 Å². The van der Waals surface area contributed by atoms with Crippen LogP contribution in [-0.4, -0.2) is 13.4 Å². The first-order chi connectivity index (χ1) is 9.29. The highest BCUT2D eigenvalue weighted by atomic mass is 32.2. The van der Waals surface area contributed by atoms with Crippen LogP contribution in [0.2, 0.25) is 0 Å². The molecule has 2 aromatic rings. The number of benzene rings is 1. The number of sulfonamides is 1. The van der Waals surface area contributed by atoms with Crippen molar-refractivity contribution in [2.24, 2.45) is 5.14 Å². The maximum Gasteiger partial charge on any atom is 0.238 e. The predicted molar refractivity (Wildman–Crippen MR) is 81.4 cm³/mol. The van der Waals surface area contributed by atoms with Crippen molar-refractivity contribution >= 4 is 27.0 Å². The number of nitrogens with one attached hydrogen (secondary N) is 1. The van der Waals surface area contributed by atoms with Gasteiger partial charge in [0.15, 0.2) is 0 Å². The van der Waals surface area contributed by atoms with E-state index in [4.69, 9.17) is 5.14 Å². The lowest BCUT2D eigenvalue weighted by atomic mass is 10.1. The highest BCUT2D eigenvalue weighted by molar-refractivity contribution is 7.89. The molecule has 1 aromatic heterocycles. The first-order valence-electron chi connectivity index (χ1n) is 6.08. The molecule has 0 saturated carbocycles. The van der Waals surface area contributed by atoms with Gasteiger partial charge in [-0.25, -0.2) is 13.6 Å². The molecule has 2 rings (SSSR count). The Bertz CT molecular complexity index is 709. The number of thiazole rings is 1. The lowest BCUT2D eigenvalue weighted by molar-refractivity contribution is 0.597. The zero-order chi connectivity index (χ0) is 14.9. The van der Waals surface area contributed by atoms with Crippen LogP contribution in [0.1, 0.15) is 29.0 Å². The van der Waals surface area contributed by atoms with E-state index in [1.807, 2.05) is 20.8 Å². The SMILES string of the molecule is Cc1cc(S(N)(=O)=O)cc(NC(C)c2cncs2)c1C. The number of aryl methyl sites for hydroxylation is 1. The minimum atomic E-state index is -3.70. The maximum absolute atomic E-state index is 11.5. The average Bonchev–Trinajstić information content (AvgIpc) is 2.87. The molecule has 3 N–H and O–H groups in total. The Kier molecular flexibility index (Phi) is 4.12. The largest absolute Gasteiger partial charge is 0.377 e. The molecule has 1 heterocycles. The normalized spacial score (nSPS) is 13.2. The molecule has 20 heavy (non-hydrogen) atoms. The van der Waals surface area contributed by atoms with E-state index in [1.165, 1.54) is 0 Å². The van der Waals surface area contributed by atoms with Gasteiger partial charge in [0.05, 0.1) is 16.4 Å². The van der Waals surface area contributed by atoms with Crippen LogP contribution < -0.4 is 10.5 Å². The monoisotopic (exact) mass is 311 g/mol. The van der Waals surface area contributed by atoms with E-state index in [9.17, 15) is 8.42 Å². The van der Waals surface area contributed by atoms with Gasteiger partial charge in [-0.2, -0.15) is 0 Å². The third kappa shape index (κ3) is 3.17. The Hall–Kier alpha value is -1.44. The number of primary sulfonamides is 1. The molecule has 7 heteroatoms. The Morgan fingerprint density at radius 2 is 2.05 bits per heavy atom. The van der Waals surface area contributed by atoms with Crippen LogP contribution in [0.5, 0.6) is 0 Å². The van der Waals surface area contributed by atoms with Crippen molar-refractivity contribution in [2.75, 3.05) is 5.32 Å². The fraction of sp³-hybridized carbons (Fsp3) is 0.308. The Balaban J connectivity index is 2.39. The van der Waals surface area contributed by atoms with E-state index in [0.29, 0.717) is 0 Å². The maximum atomic E-state index is 11.5. The number of rotatable bonds is 4. The smallest absolute Gasteiger partial charge is 0.238 e. The molecule has 108 valence electrons. The quantitative estimate of drug-likeness (QED) is 0.909. The van der Waals surface area contributed by atoms with Crippen LogP contribution in [0, 0.1) is 13.8 Å². The van der Waals surface area contributed by atoms with Crippen molar-refractivity contribution < 1.29 is 8.42 Å². The van der Waals surface area contributed by atoms with E-state index in [-0.39, 0.29) is 10.9 Å². The minimum absolute atomic E-state index is 0.0522. The number of hydrogen-bond acceptors (Lipinski definition) is 5. The molecule has 0 aliphatic rings. The van der Waals surface area contributed by atoms with Crippen LogP contribution in [0.3, 0.4) is 0 Å². The van der Waals surface area contributed by atoms with Crippen LogP contribution in [0.25, 0.3) is 0 Å². The summed E-state index contributed by atoms with van der Waals surface area (Å²) in [6, 6.07) is 3.22. The molecule has 0 saturated heterocycles. The number of aromatic nitrogens is 1. The summed E-state index contributed by atoms with van der Waals surface area (Å²) >= 11 is 1.55. The molecule has 5 nitrogen and oxygen atoms in total.